The molecule has 0 aliphatic heterocycles. The molecule has 2 rings (SSSR count). The summed E-state index contributed by atoms with van der Waals surface area (Å²) in [4.78, 5) is 4.49. The van der Waals surface area contributed by atoms with Crippen LogP contribution in [-0.2, 0) is 11.1 Å². The van der Waals surface area contributed by atoms with Gasteiger partial charge in [0.15, 0.2) is 0 Å². The molecule has 0 aliphatic rings. The van der Waals surface area contributed by atoms with Crippen molar-refractivity contribution in [1.82, 2.24) is 4.98 Å². The zero-order valence-corrected chi connectivity index (χ0v) is 8.45. The predicted molar refractivity (Wildman–Crippen MR) is 51.5 cm³/mol. The number of nitrogens with zero attached hydrogens (tertiary/aromatic N) is 1. The molecular weight excluding hydrogens is 206 g/mol. The molecule has 5 heteroatoms. The monoisotopic (exact) mass is 212 g/mol. The Kier molecular flexibility index (Phi) is 2.15. The summed E-state index contributed by atoms with van der Waals surface area (Å²) in [5.74, 6) is 0. The van der Waals surface area contributed by atoms with Crippen LogP contribution < -0.4 is 0 Å². The van der Waals surface area contributed by atoms with Crippen LogP contribution in [0.3, 0.4) is 0 Å². The van der Waals surface area contributed by atoms with Crippen LogP contribution >= 0.6 is 11.3 Å². The number of thiazole rings is 1. The van der Waals surface area contributed by atoms with Gasteiger partial charge < -0.3 is 4.55 Å². The first-order chi connectivity index (χ1) is 6.16. The van der Waals surface area contributed by atoms with Crippen LogP contribution in [0.15, 0.2) is 23.1 Å². The van der Waals surface area contributed by atoms with Gasteiger partial charge in [0.05, 0.1) is 15.2 Å². The summed E-state index contributed by atoms with van der Waals surface area (Å²) in [5.41, 5.74) is 0.754. The van der Waals surface area contributed by atoms with Gasteiger partial charge >= 0.3 is 0 Å². The van der Waals surface area contributed by atoms with Crippen LogP contribution in [0.1, 0.15) is 5.01 Å². The van der Waals surface area contributed by atoms with Gasteiger partial charge in [0.1, 0.15) is 0 Å². The van der Waals surface area contributed by atoms with E-state index in [1.165, 1.54) is 0 Å². The minimum Gasteiger partial charge on any atom is -0.768 e. The Balaban J connectivity index is 2.67. The third kappa shape index (κ3) is 1.63. The topological polar surface area (TPSA) is 53.0 Å². The first kappa shape index (κ1) is 8.80. The molecule has 1 aromatic carbocycles. The van der Waals surface area contributed by atoms with E-state index in [-0.39, 0.29) is 4.90 Å². The molecule has 0 saturated carbocycles. The summed E-state index contributed by atoms with van der Waals surface area (Å²) in [7, 11) is 0. The van der Waals surface area contributed by atoms with Gasteiger partial charge in [-0.3, -0.25) is 4.21 Å². The normalized spacial score (nSPS) is 13.4. The number of hydrogen-bond acceptors (Lipinski definition) is 4. The Hall–Kier alpha value is -0.780. The molecule has 0 fully saturated rings. The van der Waals surface area contributed by atoms with Crippen molar-refractivity contribution in [3.05, 3.63) is 23.2 Å². The average molecular weight is 212 g/mol. The summed E-state index contributed by atoms with van der Waals surface area (Å²) in [5, 5.41) is 0.948. The lowest BCUT2D eigenvalue weighted by Crippen LogP contribution is -1.87. The number of aromatic nitrogens is 1. The minimum atomic E-state index is -2.16. The summed E-state index contributed by atoms with van der Waals surface area (Å²) in [6.45, 7) is 1.90. The molecule has 0 aliphatic carbocycles. The fraction of sp³-hybridized carbons (Fsp3) is 0.125. The van der Waals surface area contributed by atoms with Gasteiger partial charge in [0, 0.05) is 4.90 Å². The lowest BCUT2D eigenvalue weighted by molar-refractivity contribution is 0.537. The Morgan fingerprint density at radius 2 is 2.31 bits per heavy atom. The first-order valence-corrected chi connectivity index (χ1v) is 5.52. The number of rotatable bonds is 1. The minimum absolute atomic E-state index is 0.290. The van der Waals surface area contributed by atoms with Gasteiger partial charge in [-0.2, -0.15) is 0 Å². The molecule has 1 unspecified atom stereocenters. The van der Waals surface area contributed by atoms with E-state index in [1.54, 1.807) is 29.5 Å². The van der Waals surface area contributed by atoms with E-state index >= 15 is 0 Å². The fourth-order valence-corrected chi connectivity index (χ4v) is 2.32. The van der Waals surface area contributed by atoms with E-state index in [9.17, 15) is 8.76 Å². The van der Waals surface area contributed by atoms with E-state index in [2.05, 4.69) is 4.98 Å². The van der Waals surface area contributed by atoms with Gasteiger partial charge in [-0.1, -0.05) is 0 Å². The molecule has 0 amide bonds. The smallest absolute Gasteiger partial charge is 0.0907 e. The third-order valence-electron chi connectivity index (χ3n) is 1.66. The zero-order chi connectivity index (χ0) is 9.42. The first-order valence-electron chi connectivity index (χ1n) is 3.63. The number of aryl methyl sites for hydroxylation is 1. The highest BCUT2D eigenvalue weighted by Gasteiger charge is 2.01. The highest BCUT2D eigenvalue weighted by Crippen LogP contribution is 2.23. The molecule has 0 N–H and O–H groups in total. The van der Waals surface area contributed by atoms with Gasteiger partial charge in [0.2, 0.25) is 0 Å². The van der Waals surface area contributed by atoms with Crippen LogP contribution in [0.5, 0.6) is 0 Å². The van der Waals surface area contributed by atoms with E-state index in [0.717, 1.165) is 15.2 Å². The third-order valence-corrected chi connectivity index (χ3v) is 3.25. The van der Waals surface area contributed by atoms with Crippen LogP contribution in [-0.4, -0.2) is 13.7 Å². The lowest BCUT2D eigenvalue weighted by atomic mass is 10.3. The number of benzene rings is 1. The van der Waals surface area contributed by atoms with Crippen molar-refractivity contribution in [2.45, 2.75) is 11.8 Å². The Labute approximate surface area is 81.7 Å². The van der Waals surface area contributed by atoms with Crippen LogP contribution in [0.2, 0.25) is 0 Å². The van der Waals surface area contributed by atoms with Crippen LogP contribution in [0.4, 0.5) is 0 Å². The van der Waals surface area contributed by atoms with Crippen molar-refractivity contribution in [1.29, 1.82) is 0 Å². The molecule has 13 heavy (non-hydrogen) atoms. The molecule has 0 bridgehead atoms. The van der Waals surface area contributed by atoms with Crippen LogP contribution in [0.25, 0.3) is 10.2 Å². The van der Waals surface area contributed by atoms with Gasteiger partial charge in [-0.25, -0.2) is 4.98 Å². The molecular formula is C8H6NO2S2-. The average Bonchev–Trinajstić information content (AvgIpc) is 2.42. The molecule has 1 atom stereocenters. The maximum Gasteiger partial charge on any atom is 0.0907 e. The largest absolute Gasteiger partial charge is 0.768 e. The molecule has 1 heterocycles. The lowest BCUT2D eigenvalue weighted by Gasteiger charge is -2.02. The van der Waals surface area contributed by atoms with E-state index in [1.807, 2.05) is 6.92 Å². The predicted octanol–water partition coefficient (Wildman–Crippen LogP) is 1.84. The summed E-state index contributed by atoms with van der Waals surface area (Å²) < 4.78 is 22.3. The van der Waals surface area contributed by atoms with Gasteiger partial charge in [0.25, 0.3) is 0 Å². The van der Waals surface area contributed by atoms with E-state index in [4.69, 9.17) is 0 Å². The molecule has 3 nitrogen and oxygen atoms in total. The van der Waals surface area contributed by atoms with E-state index < -0.39 is 11.1 Å². The molecule has 0 spiro atoms. The van der Waals surface area contributed by atoms with Gasteiger partial charge in [-0.15, -0.1) is 11.3 Å². The molecule has 68 valence electrons. The zero-order valence-electron chi connectivity index (χ0n) is 6.81. The number of fused-ring (bicyclic) bond motifs is 1. The molecule has 1 aromatic heterocycles. The summed E-state index contributed by atoms with van der Waals surface area (Å²) in [6.07, 6.45) is 0. The standard InChI is InChI=1S/C8H7NO2S2/c1-5-9-7-4-6(13(10)11)2-3-8(7)12-5/h2-4H,1H3,(H,10,11)/p-1. The Morgan fingerprint density at radius 1 is 1.54 bits per heavy atom. The van der Waals surface area contributed by atoms with Crippen molar-refractivity contribution in [3.63, 3.8) is 0 Å². The highest BCUT2D eigenvalue weighted by atomic mass is 32.2. The maximum atomic E-state index is 10.6. The van der Waals surface area contributed by atoms with Gasteiger partial charge in [-0.05, 0) is 36.2 Å². The summed E-state index contributed by atoms with van der Waals surface area (Å²) >= 11 is -0.601. The van der Waals surface area contributed by atoms with Crippen molar-refractivity contribution in [3.8, 4) is 0 Å². The van der Waals surface area contributed by atoms with Crippen LogP contribution in [0, 0.1) is 6.92 Å². The second kappa shape index (κ2) is 3.17. The number of hydrogen-bond donors (Lipinski definition) is 0. The van der Waals surface area contributed by atoms with Crippen molar-refractivity contribution in [2.24, 2.45) is 0 Å². The van der Waals surface area contributed by atoms with Crippen molar-refractivity contribution in [2.75, 3.05) is 0 Å². The van der Waals surface area contributed by atoms with Crippen molar-refractivity contribution >= 4 is 32.6 Å². The Bertz CT molecular complexity index is 478. The molecule has 2 aromatic rings. The highest BCUT2D eigenvalue weighted by molar-refractivity contribution is 7.79. The van der Waals surface area contributed by atoms with E-state index in [0.29, 0.717) is 0 Å². The SMILES string of the molecule is Cc1nc2cc(S(=O)[O-])ccc2s1. The van der Waals surface area contributed by atoms with Crippen molar-refractivity contribution < 1.29 is 8.76 Å². The molecule has 0 saturated heterocycles. The second-order valence-corrected chi connectivity index (χ2v) is 4.77. The Morgan fingerprint density at radius 3 is 3.00 bits per heavy atom. The maximum absolute atomic E-state index is 10.6. The molecule has 0 radical (unpaired) electrons. The fourth-order valence-electron chi connectivity index (χ4n) is 1.13. The second-order valence-electron chi connectivity index (χ2n) is 2.60. The summed E-state index contributed by atoms with van der Waals surface area (Å²) in [6, 6.07) is 4.95. The quantitative estimate of drug-likeness (QED) is 0.678.